The van der Waals surface area contributed by atoms with Crippen molar-refractivity contribution in [2.45, 2.75) is 51.3 Å². The topological polar surface area (TPSA) is 65.0 Å². The molecule has 148 valence electrons. The average Bonchev–Trinajstić information content (AvgIpc) is 2.51. The van der Waals surface area contributed by atoms with E-state index >= 15 is 0 Å². The SMILES string of the molecule is CN=C(NCC1CCCN(C(C)C)C1)N1CCS(=O)(=O)C(C)(C)C1.I. The van der Waals surface area contributed by atoms with Crippen LogP contribution in [0.5, 0.6) is 0 Å². The smallest absolute Gasteiger partial charge is 0.193 e. The van der Waals surface area contributed by atoms with Gasteiger partial charge in [-0.1, -0.05) is 0 Å². The van der Waals surface area contributed by atoms with Crippen molar-refractivity contribution in [1.82, 2.24) is 15.1 Å². The van der Waals surface area contributed by atoms with Crippen LogP contribution in [0.4, 0.5) is 0 Å². The Kier molecular flexibility index (Phi) is 8.46. The summed E-state index contributed by atoms with van der Waals surface area (Å²) in [6, 6.07) is 0.597. The van der Waals surface area contributed by atoms with Crippen molar-refractivity contribution in [3.63, 3.8) is 0 Å². The first kappa shape index (κ1) is 23.0. The van der Waals surface area contributed by atoms with Crippen LogP contribution in [0.25, 0.3) is 0 Å². The number of rotatable bonds is 3. The first-order valence-corrected chi connectivity index (χ1v) is 10.7. The first-order valence-electron chi connectivity index (χ1n) is 9.08. The van der Waals surface area contributed by atoms with Crippen molar-refractivity contribution < 1.29 is 8.42 Å². The van der Waals surface area contributed by atoms with Gasteiger partial charge < -0.3 is 15.1 Å². The number of guanidine groups is 1. The maximum Gasteiger partial charge on any atom is 0.193 e. The number of piperidine rings is 1. The molecule has 2 rings (SSSR count). The summed E-state index contributed by atoms with van der Waals surface area (Å²) in [6.07, 6.45) is 2.49. The van der Waals surface area contributed by atoms with Gasteiger partial charge in [-0.2, -0.15) is 0 Å². The van der Waals surface area contributed by atoms with Crippen LogP contribution in [-0.4, -0.2) is 80.5 Å². The highest BCUT2D eigenvalue weighted by Gasteiger charge is 2.41. The van der Waals surface area contributed by atoms with E-state index in [2.05, 4.69) is 34.0 Å². The lowest BCUT2D eigenvalue weighted by atomic mass is 9.97. The molecule has 2 aliphatic rings. The number of nitrogens with zero attached hydrogens (tertiary/aromatic N) is 3. The monoisotopic (exact) mass is 486 g/mol. The van der Waals surface area contributed by atoms with Gasteiger partial charge in [0, 0.05) is 39.3 Å². The van der Waals surface area contributed by atoms with E-state index in [0.29, 0.717) is 25.0 Å². The van der Waals surface area contributed by atoms with Gasteiger partial charge in [0.2, 0.25) is 0 Å². The van der Waals surface area contributed by atoms with Gasteiger partial charge in [-0.25, -0.2) is 8.42 Å². The maximum atomic E-state index is 12.2. The predicted octanol–water partition coefficient (Wildman–Crippen LogP) is 1.81. The Hall–Kier alpha value is -0.0900. The molecule has 0 aromatic rings. The van der Waals surface area contributed by atoms with E-state index in [4.69, 9.17) is 0 Å². The summed E-state index contributed by atoms with van der Waals surface area (Å²) < 4.78 is 23.6. The summed E-state index contributed by atoms with van der Waals surface area (Å²) in [5.74, 6) is 1.66. The quantitative estimate of drug-likeness (QED) is 0.375. The molecule has 2 aliphatic heterocycles. The van der Waals surface area contributed by atoms with E-state index in [0.717, 1.165) is 19.0 Å². The van der Waals surface area contributed by atoms with E-state index in [1.165, 1.54) is 19.4 Å². The molecule has 6 nitrogen and oxygen atoms in total. The second kappa shape index (κ2) is 9.21. The summed E-state index contributed by atoms with van der Waals surface area (Å²) in [7, 11) is -1.24. The Balaban J connectivity index is 0.00000312. The van der Waals surface area contributed by atoms with Crippen LogP contribution in [-0.2, 0) is 9.84 Å². The maximum absolute atomic E-state index is 12.2. The highest BCUT2D eigenvalue weighted by atomic mass is 127. The molecule has 2 saturated heterocycles. The lowest BCUT2D eigenvalue weighted by molar-refractivity contribution is 0.140. The standard InChI is InChI=1S/C17H34N4O2S.HI/c1-14(2)20-8-6-7-15(12-20)11-19-16(18-5)21-9-10-24(22,23)17(3,4)13-21;/h14-15H,6-13H2,1-5H3,(H,18,19);1H. The van der Waals surface area contributed by atoms with Crippen LogP contribution in [0.15, 0.2) is 4.99 Å². The molecule has 0 aliphatic carbocycles. The molecule has 1 unspecified atom stereocenters. The largest absolute Gasteiger partial charge is 0.356 e. The van der Waals surface area contributed by atoms with Crippen molar-refractivity contribution in [1.29, 1.82) is 0 Å². The second-order valence-corrected chi connectivity index (χ2v) is 10.8. The molecule has 25 heavy (non-hydrogen) atoms. The van der Waals surface area contributed by atoms with Gasteiger partial charge in [-0.15, -0.1) is 24.0 Å². The summed E-state index contributed by atoms with van der Waals surface area (Å²) >= 11 is 0. The fourth-order valence-electron chi connectivity index (χ4n) is 3.63. The normalized spacial score (nSPS) is 27.0. The van der Waals surface area contributed by atoms with E-state index in [1.54, 1.807) is 7.05 Å². The molecule has 0 amide bonds. The molecule has 0 bridgehead atoms. The number of halogens is 1. The highest BCUT2D eigenvalue weighted by molar-refractivity contribution is 14.0. The third kappa shape index (κ3) is 5.69. The molecule has 0 aromatic carbocycles. The molecule has 0 saturated carbocycles. The third-order valence-electron chi connectivity index (χ3n) is 5.38. The number of likely N-dealkylation sites (tertiary alicyclic amines) is 1. The van der Waals surface area contributed by atoms with E-state index in [1.807, 2.05) is 13.8 Å². The molecular formula is C17H35IN4O2S. The molecule has 8 heteroatoms. The third-order valence-corrected chi connectivity index (χ3v) is 7.92. The summed E-state index contributed by atoms with van der Waals surface area (Å²) in [6.45, 7) is 12.4. The summed E-state index contributed by atoms with van der Waals surface area (Å²) in [4.78, 5) is 9.01. The number of hydrogen-bond acceptors (Lipinski definition) is 4. The number of aliphatic imine (C=N–C) groups is 1. The number of sulfone groups is 1. The van der Waals surface area contributed by atoms with Crippen molar-refractivity contribution in [2.24, 2.45) is 10.9 Å². The second-order valence-electron chi connectivity index (χ2n) is 8.03. The van der Waals surface area contributed by atoms with Crippen LogP contribution >= 0.6 is 24.0 Å². The van der Waals surface area contributed by atoms with Crippen molar-refractivity contribution in [2.75, 3.05) is 45.5 Å². The number of nitrogens with one attached hydrogen (secondary N) is 1. The van der Waals surface area contributed by atoms with Gasteiger partial charge in [0.15, 0.2) is 15.8 Å². The highest BCUT2D eigenvalue weighted by Crippen LogP contribution is 2.24. The Morgan fingerprint density at radius 2 is 2.00 bits per heavy atom. The van der Waals surface area contributed by atoms with Crippen molar-refractivity contribution in [3.05, 3.63) is 0 Å². The van der Waals surface area contributed by atoms with Gasteiger partial charge in [0.05, 0.1) is 10.5 Å². The molecule has 0 aromatic heterocycles. The van der Waals surface area contributed by atoms with Gasteiger partial charge in [0.25, 0.3) is 0 Å². The molecule has 2 fully saturated rings. The van der Waals surface area contributed by atoms with Gasteiger partial charge >= 0.3 is 0 Å². The van der Waals surface area contributed by atoms with Crippen LogP contribution in [0.1, 0.15) is 40.5 Å². The van der Waals surface area contributed by atoms with Crippen LogP contribution in [0, 0.1) is 5.92 Å². The van der Waals surface area contributed by atoms with Gasteiger partial charge in [-0.3, -0.25) is 4.99 Å². The Labute approximate surface area is 170 Å². The molecule has 0 radical (unpaired) electrons. The Bertz CT molecular complexity index is 563. The summed E-state index contributed by atoms with van der Waals surface area (Å²) in [5, 5.41) is 3.49. The Morgan fingerprint density at radius 1 is 1.32 bits per heavy atom. The minimum atomic E-state index is -3.02. The van der Waals surface area contributed by atoms with Crippen LogP contribution in [0.2, 0.25) is 0 Å². The molecule has 0 spiro atoms. The molecular weight excluding hydrogens is 451 g/mol. The van der Waals surface area contributed by atoms with Gasteiger partial charge in [0.1, 0.15) is 0 Å². The average molecular weight is 486 g/mol. The predicted molar refractivity (Wildman–Crippen MR) is 116 cm³/mol. The minimum Gasteiger partial charge on any atom is -0.356 e. The van der Waals surface area contributed by atoms with E-state index in [9.17, 15) is 8.42 Å². The molecule has 2 heterocycles. The van der Waals surface area contributed by atoms with E-state index < -0.39 is 14.6 Å². The fraction of sp³-hybridized carbons (Fsp3) is 0.941. The zero-order valence-electron chi connectivity index (χ0n) is 16.3. The molecule has 1 N–H and O–H groups in total. The van der Waals surface area contributed by atoms with Crippen LogP contribution < -0.4 is 5.32 Å². The molecule has 1 atom stereocenters. The zero-order chi connectivity index (χ0) is 18.0. The first-order chi connectivity index (χ1) is 11.2. The van der Waals surface area contributed by atoms with Gasteiger partial charge in [-0.05, 0) is 53.0 Å². The van der Waals surface area contributed by atoms with Crippen molar-refractivity contribution in [3.8, 4) is 0 Å². The van der Waals surface area contributed by atoms with E-state index in [-0.39, 0.29) is 29.7 Å². The van der Waals surface area contributed by atoms with Crippen LogP contribution in [0.3, 0.4) is 0 Å². The summed E-state index contributed by atoms with van der Waals surface area (Å²) in [5.41, 5.74) is 0. The zero-order valence-corrected chi connectivity index (χ0v) is 19.4. The minimum absolute atomic E-state index is 0. The fourth-order valence-corrected chi connectivity index (χ4v) is 4.99. The Morgan fingerprint density at radius 3 is 2.56 bits per heavy atom. The lowest BCUT2D eigenvalue weighted by Crippen LogP contribution is -2.57. The lowest BCUT2D eigenvalue weighted by Gasteiger charge is -2.40. The van der Waals surface area contributed by atoms with Crippen molar-refractivity contribution >= 4 is 39.8 Å². The number of hydrogen-bond donors (Lipinski definition) is 1.